The topological polar surface area (TPSA) is 58.5 Å². The Morgan fingerprint density at radius 2 is 1.70 bits per heavy atom. The monoisotopic (exact) mass is 328 g/mol. The molecule has 4 rings (SSSR count). The molecule has 3 aliphatic rings. The molecule has 0 saturated heterocycles. The van der Waals surface area contributed by atoms with Crippen molar-refractivity contribution in [1.82, 2.24) is 4.83 Å². The van der Waals surface area contributed by atoms with Gasteiger partial charge in [0.1, 0.15) is 0 Å². The van der Waals surface area contributed by atoms with Crippen LogP contribution in [0.1, 0.15) is 12.5 Å². The second-order valence-corrected chi connectivity index (χ2v) is 7.65. The van der Waals surface area contributed by atoms with Crippen molar-refractivity contribution in [3.8, 4) is 0 Å². The summed E-state index contributed by atoms with van der Waals surface area (Å²) < 4.78 is 24.8. The third-order valence-corrected chi connectivity index (χ3v) is 5.54. The minimum Gasteiger partial charge on any atom is -0.200 e. The van der Waals surface area contributed by atoms with Gasteiger partial charge >= 0.3 is 0 Å². The highest BCUT2D eigenvalue weighted by molar-refractivity contribution is 7.89. The summed E-state index contributed by atoms with van der Waals surface area (Å²) in [5, 5.41) is 4.26. The minimum absolute atomic E-state index is 0.0342. The summed E-state index contributed by atoms with van der Waals surface area (Å²) in [6, 6.07) is 6.74. The van der Waals surface area contributed by atoms with Gasteiger partial charge in [-0.25, -0.2) is 4.83 Å². The van der Waals surface area contributed by atoms with Crippen molar-refractivity contribution in [2.45, 2.75) is 18.7 Å². The van der Waals surface area contributed by atoms with E-state index in [4.69, 9.17) is 0 Å². The lowest BCUT2D eigenvalue weighted by atomic mass is 9.77. The molecule has 1 aromatic carbocycles. The van der Waals surface area contributed by atoms with E-state index in [1.807, 2.05) is 25.2 Å². The number of fused-ring (bicyclic) bond motifs is 2. The zero-order valence-electron chi connectivity index (χ0n) is 13.2. The van der Waals surface area contributed by atoms with Crippen LogP contribution in [0.5, 0.6) is 0 Å². The van der Waals surface area contributed by atoms with Crippen LogP contribution in [0.15, 0.2) is 70.7 Å². The third-order valence-electron chi connectivity index (χ3n) is 4.32. The van der Waals surface area contributed by atoms with Gasteiger partial charge in [-0.3, -0.25) is 0 Å². The number of nitrogens with one attached hydrogen (secondary N) is 1. The van der Waals surface area contributed by atoms with E-state index in [0.717, 1.165) is 11.3 Å². The summed E-state index contributed by atoms with van der Waals surface area (Å²) in [5.41, 5.74) is 1.86. The van der Waals surface area contributed by atoms with E-state index in [-0.39, 0.29) is 22.6 Å². The first-order valence-electron chi connectivity index (χ1n) is 7.66. The summed E-state index contributed by atoms with van der Waals surface area (Å²) in [5.74, 6) is 0.442. The number of allylic oxidation sites excluding steroid dienone is 6. The van der Waals surface area contributed by atoms with Crippen molar-refractivity contribution in [2.75, 3.05) is 0 Å². The van der Waals surface area contributed by atoms with Gasteiger partial charge in [0.05, 0.1) is 10.6 Å². The molecule has 5 heteroatoms. The number of aryl methyl sites for hydroxylation is 1. The Kier molecular flexibility index (Phi) is 4.22. The first-order valence-corrected chi connectivity index (χ1v) is 9.15. The zero-order valence-corrected chi connectivity index (χ0v) is 14.0. The lowest BCUT2D eigenvalue weighted by Gasteiger charge is -2.29. The standard InChI is InChI=1S/C18H20N2O2S/c1-13-7-11-17(12-8-13)23(21,22)20-19-18-14(2)15-5-3-4-6-16(18)10-9-15/h3-12,14-16,20H,1-2H3/b5-3+,6-4?,19-18+/t14-,15+,16+/m0/s1. The molecule has 2 bridgehead atoms. The number of hydrogen-bond acceptors (Lipinski definition) is 3. The van der Waals surface area contributed by atoms with E-state index in [2.05, 4.69) is 35.1 Å². The van der Waals surface area contributed by atoms with Crippen LogP contribution in [-0.4, -0.2) is 14.1 Å². The highest BCUT2D eigenvalue weighted by atomic mass is 32.2. The van der Waals surface area contributed by atoms with Crippen molar-refractivity contribution in [2.24, 2.45) is 22.9 Å². The molecule has 0 heterocycles. The number of sulfonamides is 1. The van der Waals surface area contributed by atoms with Crippen molar-refractivity contribution < 1.29 is 8.42 Å². The van der Waals surface area contributed by atoms with Crippen LogP contribution < -0.4 is 4.83 Å². The summed E-state index contributed by atoms with van der Waals surface area (Å²) in [7, 11) is -3.64. The maximum absolute atomic E-state index is 12.4. The van der Waals surface area contributed by atoms with Gasteiger partial charge < -0.3 is 0 Å². The Balaban J connectivity index is 1.87. The fraction of sp³-hybridized carbons (Fsp3) is 0.278. The Hall–Kier alpha value is -2.14. The fourth-order valence-corrected chi connectivity index (χ4v) is 3.67. The number of hydrazone groups is 1. The van der Waals surface area contributed by atoms with Gasteiger partial charge in [0.25, 0.3) is 10.0 Å². The maximum atomic E-state index is 12.4. The zero-order chi connectivity index (χ0) is 16.4. The molecule has 0 spiro atoms. The van der Waals surface area contributed by atoms with Gasteiger partial charge in [-0.1, -0.05) is 61.1 Å². The summed E-state index contributed by atoms with van der Waals surface area (Å²) >= 11 is 0. The Morgan fingerprint density at radius 1 is 1.00 bits per heavy atom. The molecule has 0 amide bonds. The van der Waals surface area contributed by atoms with Crippen LogP contribution in [0.3, 0.4) is 0 Å². The van der Waals surface area contributed by atoms with Crippen molar-refractivity contribution in [3.05, 3.63) is 66.3 Å². The van der Waals surface area contributed by atoms with E-state index < -0.39 is 10.0 Å². The van der Waals surface area contributed by atoms with E-state index in [0.29, 0.717) is 0 Å². The van der Waals surface area contributed by atoms with Gasteiger partial charge in [-0.2, -0.15) is 13.5 Å². The third kappa shape index (κ3) is 3.29. The summed E-state index contributed by atoms with van der Waals surface area (Å²) in [6.07, 6.45) is 12.4. The largest absolute Gasteiger partial charge is 0.276 e. The van der Waals surface area contributed by atoms with Crippen LogP contribution in [0, 0.1) is 24.7 Å². The molecule has 0 aromatic heterocycles. The first kappa shape index (κ1) is 15.7. The quantitative estimate of drug-likeness (QED) is 0.684. The molecule has 3 atom stereocenters. The molecule has 0 fully saturated rings. The smallest absolute Gasteiger partial charge is 0.200 e. The molecule has 120 valence electrons. The average molecular weight is 328 g/mol. The van der Waals surface area contributed by atoms with E-state index in [1.54, 1.807) is 24.3 Å². The Bertz CT molecular complexity index is 802. The SMILES string of the molecule is Cc1ccc(S(=O)(=O)N/N=C2/[C@@H]3C=C/C=C/[C@H](C=C3)[C@@H]2C)cc1. The van der Waals surface area contributed by atoms with Gasteiger partial charge in [-0.15, -0.1) is 0 Å². The van der Waals surface area contributed by atoms with Crippen LogP contribution in [0.2, 0.25) is 0 Å². The Labute approximate surface area is 137 Å². The summed E-state index contributed by atoms with van der Waals surface area (Å²) in [4.78, 5) is 2.62. The number of nitrogens with zero attached hydrogens (tertiary/aromatic N) is 1. The van der Waals surface area contributed by atoms with E-state index in [9.17, 15) is 8.42 Å². The van der Waals surface area contributed by atoms with Crippen molar-refractivity contribution >= 4 is 15.7 Å². The molecule has 4 nitrogen and oxygen atoms in total. The predicted molar refractivity (Wildman–Crippen MR) is 92.5 cm³/mol. The van der Waals surface area contributed by atoms with Gasteiger partial charge in [0.2, 0.25) is 0 Å². The molecule has 0 unspecified atom stereocenters. The maximum Gasteiger partial charge on any atom is 0.276 e. The van der Waals surface area contributed by atoms with Crippen LogP contribution in [-0.2, 0) is 10.0 Å². The molecular formula is C18H20N2O2S. The molecule has 1 aromatic rings. The lowest BCUT2D eigenvalue weighted by molar-refractivity contribution is 0.577. The molecule has 0 saturated carbocycles. The van der Waals surface area contributed by atoms with E-state index in [1.165, 1.54) is 0 Å². The predicted octanol–water partition coefficient (Wildman–Crippen LogP) is 3.19. The van der Waals surface area contributed by atoms with Crippen molar-refractivity contribution in [3.63, 3.8) is 0 Å². The molecule has 3 aliphatic carbocycles. The molecule has 0 aliphatic heterocycles. The average Bonchev–Trinajstić information content (AvgIpc) is 2.48. The number of hydrogen-bond donors (Lipinski definition) is 1. The van der Waals surface area contributed by atoms with Crippen molar-refractivity contribution in [1.29, 1.82) is 0 Å². The number of benzene rings is 1. The normalized spacial score (nSPS) is 29.3. The molecule has 23 heavy (non-hydrogen) atoms. The highest BCUT2D eigenvalue weighted by Gasteiger charge is 2.28. The second-order valence-electron chi connectivity index (χ2n) is 5.99. The van der Waals surface area contributed by atoms with Gasteiger partial charge in [0, 0.05) is 17.8 Å². The number of rotatable bonds is 3. The first-order chi connectivity index (χ1) is 11.0. The van der Waals surface area contributed by atoms with Crippen LogP contribution >= 0.6 is 0 Å². The van der Waals surface area contributed by atoms with Gasteiger partial charge in [-0.05, 0) is 19.1 Å². The molecule has 0 radical (unpaired) electrons. The van der Waals surface area contributed by atoms with Crippen LogP contribution in [0.4, 0.5) is 0 Å². The minimum atomic E-state index is -3.64. The molecule has 1 N–H and O–H groups in total. The highest BCUT2D eigenvalue weighted by Crippen LogP contribution is 2.29. The fourth-order valence-electron chi connectivity index (χ4n) is 2.84. The van der Waals surface area contributed by atoms with Gasteiger partial charge in [0.15, 0.2) is 0 Å². The van der Waals surface area contributed by atoms with E-state index >= 15 is 0 Å². The second kappa shape index (κ2) is 6.16. The van der Waals surface area contributed by atoms with Crippen LogP contribution in [0.25, 0.3) is 0 Å². The molecular weight excluding hydrogens is 308 g/mol. The Morgan fingerprint density at radius 3 is 2.43 bits per heavy atom. The summed E-state index contributed by atoms with van der Waals surface area (Å²) in [6.45, 7) is 3.99. The lowest BCUT2D eigenvalue weighted by Crippen LogP contribution is -2.32.